The van der Waals surface area contributed by atoms with Crippen molar-refractivity contribution < 1.29 is 42.5 Å². The molecule has 196 valence electrons. The lowest BCUT2D eigenvalue weighted by atomic mass is 10.1. The number of furan rings is 1. The molecule has 1 aromatic heterocycles. The van der Waals surface area contributed by atoms with Crippen molar-refractivity contribution in [3.63, 3.8) is 0 Å². The lowest BCUT2D eigenvalue weighted by molar-refractivity contribution is -0.123. The zero-order chi connectivity index (χ0) is 26.8. The summed E-state index contributed by atoms with van der Waals surface area (Å²) in [5.74, 6) is 0.836. The van der Waals surface area contributed by atoms with Gasteiger partial charge in [-0.25, -0.2) is 9.59 Å². The van der Waals surface area contributed by atoms with E-state index in [1.54, 1.807) is 18.2 Å². The smallest absolute Gasteiger partial charge is 0.373 e. The maximum atomic E-state index is 13.1. The minimum atomic E-state index is -0.669. The Kier molecular flexibility index (Phi) is 6.84. The van der Waals surface area contributed by atoms with Crippen molar-refractivity contribution in [2.75, 3.05) is 21.0 Å². The van der Waals surface area contributed by atoms with E-state index in [9.17, 15) is 14.4 Å². The van der Waals surface area contributed by atoms with Gasteiger partial charge in [0, 0.05) is 16.7 Å². The van der Waals surface area contributed by atoms with Crippen molar-refractivity contribution >= 4 is 35.6 Å². The molecule has 11 nitrogen and oxygen atoms in total. The van der Waals surface area contributed by atoms with E-state index in [0.29, 0.717) is 33.6 Å². The van der Waals surface area contributed by atoms with E-state index in [1.165, 1.54) is 32.4 Å². The minimum Gasteiger partial charge on any atom is -0.493 e. The zero-order valence-corrected chi connectivity index (χ0v) is 21.0. The largest absolute Gasteiger partial charge is 0.493 e. The molecular weight excluding hydrogens is 520 g/mol. The fourth-order valence-corrected chi connectivity index (χ4v) is 4.10. The van der Waals surface area contributed by atoms with Crippen molar-refractivity contribution in [3.8, 4) is 23.0 Å². The van der Waals surface area contributed by atoms with Gasteiger partial charge in [-0.1, -0.05) is 17.7 Å². The van der Waals surface area contributed by atoms with Crippen LogP contribution in [-0.4, -0.2) is 43.8 Å². The van der Waals surface area contributed by atoms with Crippen LogP contribution in [0.2, 0.25) is 5.02 Å². The van der Waals surface area contributed by atoms with Crippen LogP contribution in [-0.2, 0) is 22.7 Å². The number of hydrogen-bond acceptors (Lipinski definition) is 9. The number of esters is 1. The number of carbonyl (C=O) groups is 3. The molecule has 0 unspecified atom stereocenters. The topological polar surface area (TPSA) is 126 Å². The van der Waals surface area contributed by atoms with Gasteiger partial charge in [-0.3, -0.25) is 9.69 Å². The first-order chi connectivity index (χ1) is 18.4. The van der Waals surface area contributed by atoms with Gasteiger partial charge in [-0.15, -0.1) is 0 Å². The van der Waals surface area contributed by atoms with Crippen LogP contribution in [0.25, 0.3) is 6.08 Å². The fraction of sp³-hybridized carbons (Fsp3) is 0.192. The maximum Gasteiger partial charge on any atom is 0.373 e. The molecule has 5 rings (SSSR count). The van der Waals surface area contributed by atoms with Crippen molar-refractivity contribution in [2.24, 2.45) is 0 Å². The molecule has 2 aliphatic heterocycles. The number of halogens is 1. The highest BCUT2D eigenvalue weighted by atomic mass is 35.5. The van der Waals surface area contributed by atoms with Crippen molar-refractivity contribution in [1.82, 2.24) is 10.2 Å². The number of fused-ring (bicyclic) bond motifs is 1. The van der Waals surface area contributed by atoms with Gasteiger partial charge in [0.2, 0.25) is 12.6 Å². The van der Waals surface area contributed by atoms with Crippen molar-refractivity contribution in [1.29, 1.82) is 0 Å². The third-order valence-electron chi connectivity index (χ3n) is 5.71. The monoisotopic (exact) mass is 540 g/mol. The molecule has 0 atom stereocenters. The summed E-state index contributed by atoms with van der Waals surface area (Å²) in [6.07, 6.45) is 1.45. The summed E-state index contributed by atoms with van der Waals surface area (Å²) in [6, 6.07) is 10.8. The van der Waals surface area contributed by atoms with Gasteiger partial charge in [0.15, 0.2) is 23.0 Å². The Bertz CT molecular complexity index is 1460. The van der Waals surface area contributed by atoms with Crippen LogP contribution < -0.4 is 24.3 Å². The summed E-state index contributed by atoms with van der Waals surface area (Å²) in [5, 5.41) is 2.88. The van der Waals surface area contributed by atoms with Gasteiger partial charge in [0.1, 0.15) is 18.1 Å². The van der Waals surface area contributed by atoms with Gasteiger partial charge in [-0.2, -0.15) is 0 Å². The molecule has 2 aromatic carbocycles. The van der Waals surface area contributed by atoms with Crippen LogP contribution in [0.4, 0.5) is 4.79 Å². The third kappa shape index (κ3) is 4.96. The predicted molar refractivity (Wildman–Crippen MR) is 132 cm³/mol. The summed E-state index contributed by atoms with van der Waals surface area (Å²) in [7, 11) is 2.68. The zero-order valence-electron chi connectivity index (χ0n) is 20.2. The molecule has 3 amide bonds. The molecule has 1 fully saturated rings. The second-order valence-electron chi connectivity index (χ2n) is 8.14. The Hall–Kier alpha value is -4.64. The van der Waals surface area contributed by atoms with Crippen molar-refractivity contribution in [2.45, 2.75) is 13.2 Å². The van der Waals surface area contributed by atoms with Crippen LogP contribution >= 0.6 is 11.6 Å². The second kappa shape index (κ2) is 10.4. The summed E-state index contributed by atoms with van der Waals surface area (Å²) in [4.78, 5) is 38.2. The third-order valence-corrected chi connectivity index (χ3v) is 5.93. The Balaban J connectivity index is 1.38. The lowest BCUT2D eigenvalue weighted by Gasteiger charge is -2.15. The molecule has 12 heteroatoms. The number of hydrogen-bond donors (Lipinski definition) is 1. The molecule has 0 spiro atoms. The van der Waals surface area contributed by atoms with E-state index in [0.717, 1.165) is 10.5 Å². The number of urea groups is 1. The van der Waals surface area contributed by atoms with E-state index in [4.69, 9.17) is 35.0 Å². The Morgan fingerprint density at radius 2 is 1.92 bits per heavy atom. The average molecular weight is 541 g/mol. The number of nitrogens with zero attached hydrogens (tertiary/aromatic N) is 1. The Morgan fingerprint density at radius 1 is 1.11 bits per heavy atom. The van der Waals surface area contributed by atoms with Crippen LogP contribution in [0.5, 0.6) is 23.0 Å². The molecule has 0 aliphatic carbocycles. The van der Waals surface area contributed by atoms with Gasteiger partial charge in [-0.05, 0) is 42.0 Å². The highest BCUT2D eigenvalue weighted by molar-refractivity contribution is 6.31. The maximum absolute atomic E-state index is 13.1. The summed E-state index contributed by atoms with van der Waals surface area (Å²) in [6.45, 7) is 0.120. The average Bonchev–Trinajstić information content (AvgIpc) is 3.64. The first kappa shape index (κ1) is 25.0. The molecule has 2 aliphatic rings. The molecule has 0 bridgehead atoms. The number of benzene rings is 2. The first-order valence-electron chi connectivity index (χ1n) is 11.3. The molecule has 1 saturated heterocycles. The Labute approximate surface area is 221 Å². The number of ether oxygens (including phenoxy) is 5. The van der Waals surface area contributed by atoms with Gasteiger partial charge >= 0.3 is 12.0 Å². The van der Waals surface area contributed by atoms with Crippen molar-refractivity contribution in [3.05, 3.63) is 75.8 Å². The number of methoxy groups -OCH3 is 2. The van der Waals surface area contributed by atoms with Gasteiger partial charge in [0.25, 0.3) is 5.91 Å². The second-order valence-corrected chi connectivity index (χ2v) is 8.58. The first-order valence-corrected chi connectivity index (χ1v) is 11.6. The normalized spacial score (nSPS) is 15.1. The van der Waals surface area contributed by atoms with Gasteiger partial charge < -0.3 is 33.4 Å². The predicted octanol–water partition coefficient (Wildman–Crippen LogP) is 4.13. The molecule has 38 heavy (non-hydrogen) atoms. The number of imide groups is 1. The minimum absolute atomic E-state index is 0.00741. The van der Waals surface area contributed by atoms with E-state index in [2.05, 4.69) is 10.1 Å². The molecule has 1 N–H and O–H groups in total. The molecule has 0 radical (unpaired) electrons. The molecule has 0 saturated carbocycles. The number of amides is 3. The van der Waals surface area contributed by atoms with Crippen LogP contribution in [0.1, 0.15) is 27.4 Å². The molecular formula is C26H21ClN2O9. The van der Waals surface area contributed by atoms with Crippen LogP contribution in [0.3, 0.4) is 0 Å². The standard InChI is InChI=1S/C26H21ClN2O9/c1-33-22-10-16(27)8-15(23(22)35-12-14-3-5-19-21(7-14)37-13-36-19)9-18-24(30)29(26(32)28-18)11-17-4-6-20(38-17)25(31)34-2/h3-10H,11-13H2,1-2H3,(H,28,32)/b18-9-. The molecule has 3 heterocycles. The number of rotatable bonds is 8. The highest BCUT2D eigenvalue weighted by Gasteiger charge is 2.35. The summed E-state index contributed by atoms with van der Waals surface area (Å²) in [5.41, 5.74) is 1.21. The van der Waals surface area contributed by atoms with E-state index >= 15 is 0 Å². The van der Waals surface area contributed by atoms with Gasteiger partial charge in [0.05, 0.1) is 20.8 Å². The fourth-order valence-electron chi connectivity index (χ4n) is 3.89. The van der Waals surface area contributed by atoms with E-state index in [-0.39, 0.29) is 37.2 Å². The number of carbonyl (C=O) groups excluding carboxylic acids is 3. The summed E-state index contributed by atoms with van der Waals surface area (Å²) < 4.78 is 32.3. The van der Waals surface area contributed by atoms with E-state index < -0.39 is 17.9 Å². The molecule has 3 aromatic rings. The Morgan fingerprint density at radius 3 is 2.71 bits per heavy atom. The van der Waals surface area contributed by atoms with Crippen LogP contribution in [0.15, 0.2) is 52.6 Å². The summed E-state index contributed by atoms with van der Waals surface area (Å²) >= 11 is 6.28. The quantitative estimate of drug-likeness (QED) is 0.255. The van der Waals surface area contributed by atoms with Crippen LogP contribution in [0, 0.1) is 0 Å². The SMILES string of the molecule is COC(=O)c1ccc(CN2C(=O)N/C(=C\c3cc(Cl)cc(OC)c3OCc3ccc4c(c3)OCO4)C2=O)o1. The number of nitrogens with one attached hydrogen (secondary N) is 1. The lowest BCUT2D eigenvalue weighted by Crippen LogP contribution is -2.30. The highest BCUT2D eigenvalue weighted by Crippen LogP contribution is 2.38. The van der Waals surface area contributed by atoms with E-state index in [1.807, 2.05) is 12.1 Å².